The van der Waals surface area contributed by atoms with E-state index in [2.05, 4.69) is 16.8 Å². The van der Waals surface area contributed by atoms with Crippen LogP contribution in [0.15, 0.2) is 36.5 Å². The highest BCUT2D eigenvalue weighted by atomic mass is 35.5. The smallest absolute Gasteiger partial charge is 0.272 e. The first kappa shape index (κ1) is 15.0. The van der Waals surface area contributed by atoms with Gasteiger partial charge in [-0.25, -0.2) is 0 Å². The minimum absolute atomic E-state index is 0.245. The monoisotopic (exact) mass is 335 g/mol. The predicted molar refractivity (Wildman–Crippen MR) is 91.0 cm³/mol. The molecule has 1 N–H and O–H groups in total. The van der Waals surface area contributed by atoms with Gasteiger partial charge in [-0.15, -0.1) is 0 Å². The Morgan fingerprint density at radius 2 is 2.00 bits per heavy atom. The number of aromatic nitrogens is 2. The fourth-order valence-electron chi connectivity index (χ4n) is 2.51. The number of anilines is 1. The quantitative estimate of drug-likeness (QED) is 0.748. The van der Waals surface area contributed by atoms with Crippen LogP contribution in [0.5, 0.6) is 0 Å². The Morgan fingerprint density at radius 1 is 1.23 bits per heavy atom. The lowest BCUT2D eigenvalue weighted by atomic mass is 10.2. The normalized spacial score (nSPS) is 11.1. The molecule has 0 saturated carbocycles. The highest BCUT2D eigenvalue weighted by molar-refractivity contribution is 6.42. The molecule has 22 heavy (non-hydrogen) atoms. The highest BCUT2D eigenvalue weighted by Crippen LogP contribution is 2.26. The molecule has 1 aromatic carbocycles. The molecule has 0 atom stereocenters. The van der Waals surface area contributed by atoms with E-state index in [1.165, 1.54) is 0 Å². The molecule has 0 aliphatic rings. The van der Waals surface area contributed by atoms with Crippen LogP contribution >= 0.6 is 23.2 Å². The molecule has 2 aromatic heterocycles. The number of fused-ring (bicyclic) bond motifs is 1. The van der Waals surface area contributed by atoms with E-state index in [0.29, 0.717) is 15.9 Å². The first-order valence-corrected chi connectivity index (χ1v) is 7.67. The number of amides is 1. The van der Waals surface area contributed by atoms with Crippen molar-refractivity contribution < 1.29 is 4.79 Å². The second-order valence-corrected chi connectivity index (χ2v) is 5.82. The zero-order valence-electron chi connectivity index (χ0n) is 12.2. The maximum absolute atomic E-state index is 12.3. The molecular formula is C16H15Cl2N3O. The van der Waals surface area contributed by atoms with E-state index < -0.39 is 0 Å². The van der Waals surface area contributed by atoms with Crippen molar-refractivity contribution in [1.29, 1.82) is 0 Å². The molecule has 114 valence electrons. The Labute approximate surface area is 138 Å². The second-order valence-electron chi connectivity index (χ2n) is 5.06. The van der Waals surface area contributed by atoms with Crippen molar-refractivity contribution in [3.05, 3.63) is 52.4 Å². The molecule has 3 aromatic rings. The maximum Gasteiger partial charge on any atom is 0.272 e. The summed E-state index contributed by atoms with van der Waals surface area (Å²) in [5, 5.41) is 4.67. The summed E-state index contributed by atoms with van der Waals surface area (Å²) in [4.78, 5) is 12.3. The fourth-order valence-corrected chi connectivity index (χ4v) is 2.88. The van der Waals surface area contributed by atoms with Gasteiger partial charge in [-0.05, 0) is 37.3 Å². The first-order chi connectivity index (χ1) is 10.5. The van der Waals surface area contributed by atoms with Crippen LogP contribution in [0.3, 0.4) is 0 Å². The number of hydrogen-bond donors (Lipinski definition) is 1. The Balaban J connectivity index is 1.89. The fraction of sp³-hybridized carbons (Fsp3) is 0.188. The molecule has 0 aliphatic carbocycles. The van der Waals surface area contributed by atoms with E-state index in [0.717, 1.165) is 23.1 Å². The van der Waals surface area contributed by atoms with Gasteiger partial charge in [0.15, 0.2) is 0 Å². The third-order valence-corrected chi connectivity index (χ3v) is 4.56. The molecule has 1 amide bonds. The van der Waals surface area contributed by atoms with E-state index in [1.807, 2.05) is 30.5 Å². The molecule has 0 radical (unpaired) electrons. The Kier molecular flexibility index (Phi) is 3.89. The van der Waals surface area contributed by atoms with E-state index in [-0.39, 0.29) is 5.91 Å². The summed E-state index contributed by atoms with van der Waals surface area (Å²) >= 11 is 11.9. The molecule has 6 heteroatoms. The van der Waals surface area contributed by atoms with Gasteiger partial charge in [0.1, 0.15) is 10.8 Å². The zero-order chi connectivity index (χ0) is 15.9. The van der Waals surface area contributed by atoms with Gasteiger partial charge in [0.25, 0.3) is 5.91 Å². The summed E-state index contributed by atoms with van der Waals surface area (Å²) in [6.07, 6.45) is 2.03. The van der Waals surface area contributed by atoms with Gasteiger partial charge in [-0.1, -0.05) is 23.2 Å². The topological polar surface area (TPSA) is 39.0 Å². The minimum Gasteiger partial charge on any atom is -0.348 e. The lowest BCUT2D eigenvalue weighted by Crippen LogP contribution is -2.15. The van der Waals surface area contributed by atoms with Crippen molar-refractivity contribution in [2.24, 2.45) is 7.05 Å². The number of halogens is 2. The van der Waals surface area contributed by atoms with Crippen molar-refractivity contribution in [1.82, 2.24) is 9.13 Å². The molecule has 0 unspecified atom stereocenters. The van der Waals surface area contributed by atoms with Crippen LogP contribution in [-0.4, -0.2) is 15.0 Å². The first-order valence-electron chi connectivity index (χ1n) is 6.92. The minimum atomic E-state index is -0.245. The number of hydrogen-bond acceptors (Lipinski definition) is 1. The maximum atomic E-state index is 12.3. The molecule has 0 fully saturated rings. The number of nitrogens with one attached hydrogen (secondary N) is 1. The zero-order valence-corrected chi connectivity index (χ0v) is 13.7. The number of aryl methyl sites for hydroxylation is 1. The largest absolute Gasteiger partial charge is 0.348 e. The van der Waals surface area contributed by atoms with Gasteiger partial charge in [-0.2, -0.15) is 0 Å². The van der Waals surface area contributed by atoms with Crippen molar-refractivity contribution >= 4 is 45.7 Å². The molecule has 3 rings (SSSR count). The molecule has 2 heterocycles. The highest BCUT2D eigenvalue weighted by Gasteiger charge is 2.16. The summed E-state index contributed by atoms with van der Waals surface area (Å²) < 4.78 is 3.71. The van der Waals surface area contributed by atoms with Gasteiger partial charge >= 0.3 is 0 Å². The van der Waals surface area contributed by atoms with Crippen LogP contribution < -0.4 is 5.32 Å². The molecule has 0 saturated heterocycles. The van der Waals surface area contributed by atoms with Crippen LogP contribution in [0.4, 0.5) is 5.69 Å². The summed E-state index contributed by atoms with van der Waals surface area (Å²) in [7, 11) is 1.70. The van der Waals surface area contributed by atoms with Gasteiger partial charge in [0.05, 0.1) is 5.02 Å². The van der Waals surface area contributed by atoms with Crippen LogP contribution in [-0.2, 0) is 13.6 Å². The summed E-state index contributed by atoms with van der Waals surface area (Å²) in [6, 6.07) is 9.43. The van der Waals surface area contributed by atoms with Gasteiger partial charge in [-0.3, -0.25) is 4.79 Å². The summed E-state index contributed by atoms with van der Waals surface area (Å²) in [5.74, 6) is -0.245. The van der Waals surface area contributed by atoms with E-state index >= 15 is 0 Å². The summed E-state index contributed by atoms with van der Waals surface area (Å²) in [5.41, 5.74) is 2.30. The van der Waals surface area contributed by atoms with Crippen molar-refractivity contribution in [3.63, 3.8) is 0 Å². The van der Waals surface area contributed by atoms with Crippen LogP contribution in [0.2, 0.25) is 10.2 Å². The van der Waals surface area contributed by atoms with Crippen molar-refractivity contribution in [2.45, 2.75) is 13.5 Å². The van der Waals surface area contributed by atoms with Gasteiger partial charge in [0, 0.05) is 36.4 Å². The average molecular weight is 336 g/mol. The van der Waals surface area contributed by atoms with Crippen LogP contribution in [0.25, 0.3) is 10.9 Å². The molecule has 0 bridgehead atoms. The standard InChI is InChI=1S/C16H15Cl2N3O/c1-3-21-7-6-10-8-11(4-5-13(10)21)19-16(22)14-9-12(17)15(18)20(14)2/h4-9H,3H2,1-2H3,(H,19,22). The van der Waals surface area contributed by atoms with E-state index in [4.69, 9.17) is 23.2 Å². The van der Waals surface area contributed by atoms with Gasteiger partial charge < -0.3 is 14.5 Å². The van der Waals surface area contributed by atoms with Crippen molar-refractivity contribution in [3.8, 4) is 0 Å². The molecule has 0 spiro atoms. The number of nitrogens with zero attached hydrogens (tertiary/aromatic N) is 2. The summed E-state index contributed by atoms with van der Waals surface area (Å²) in [6.45, 7) is 3.01. The Bertz CT molecular complexity index is 864. The lowest BCUT2D eigenvalue weighted by molar-refractivity contribution is 0.101. The predicted octanol–water partition coefficient (Wildman–Crippen LogP) is 4.56. The number of rotatable bonds is 3. The second kappa shape index (κ2) is 5.71. The Morgan fingerprint density at radius 3 is 2.64 bits per heavy atom. The third-order valence-electron chi connectivity index (χ3n) is 3.72. The molecular weight excluding hydrogens is 321 g/mol. The average Bonchev–Trinajstić information content (AvgIpc) is 3.03. The van der Waals surface area contributed by atoms with E-state index in [9.17, 15) is 4.79 Å². The number of carbonyl (C=O) groups is 1. The van der Waals surface area contributed by atoms with E-state index in [1.54, 1.807) is 17.7 Å². The van der Waals surface area contributed by atoms with Crippen molar-refractivity contribution in [2.75, 3.05) is 5.32 Å². The van der Waals surface area contributed by atoms with Crippen LogP contribution in [0, 0.1) is 0 Å². The van der Waals surface area contributed by atoms with Gasteiger partial charge in [0.2, 0.25) is 0 Å². The lowest BCUT2D eigenvalue weighted by Gasteiger charge is -2.07. The van der Waals surface area contributed by atoms with Crippen LogP contribution in [0.1, 0.15) is 17.4 Å². The number of carbonyl (C=O) groups excluding carboxylic acids is 1. The molecule has 4 nitrogen and oxygen atoms in total. The molecule has 0 aliphatic heterocycles. The third kappa shape index (κ3) is 2.49. The number of benzene rings is 1. The SMILES string of the molecule is CCn1ccc2cc(NC(=O)c3cc(Cl)c(Cl)n3C)ccc21. The Hall–Kier alpha value is -1.91.